The maximum absolute atomic E-state index is 12.4. The van der Waals surface area contributed by atoms with Crippen LogP contribution >= 0.6 is 0 Å². The van der Waals surface area contributed by atoms with E-state index >= 15 is 0 Å². The van der Waals surface area contributed by atoms with Gasteiger partial charge >= 0.3 is 5.97 Å². The Morgan fingerprint density at radius 3 is 3.04 bits per heavy atom. The molecule has 0 amide bonds. The fourth-order valence-corrected chi connectivity index (χ4v) is 5.47. The number of allylic oxidation sites excluding steroid dienone is 1. The highest BCUT2D eigenvalue weighted by molar-refractivity contribution is 5.94. The van der Waals surface area contributed by atoms with Gasteiger partial charge in [0.25, 0.3) is 0 Å². The molecule has 1 aromatic heterocycles. The molecule has 26 heavy (non-hydrogen) atoms. The van der Waals surface area contributed by atoms with E-state index in [0.29, 0.717) is 18.4 Å². The third-order valence-corrected chi connectivity index (χ3v) is 6.60. The zero-order valence-electron chi connectivity index (χ0n) is 15.3. The summed E-state index contributed by atoms with van der Waals surface area (Å²) in [6, 6.07) is 4.08. The normalized spacial score (nSPS) is 35.4. The number of aromatic nitrogens is 1. The number of carbonyl (C=O) groups excluding carboxylic acids is 1. The monoisotopic (exact) mass is 354 g/mol. The molecule has 0 spiro atoms. The van der Waals surface area contributed by atoms with Crippen LogP contribution in [0.2, 0.25) is 0 Å². The molecule has 138 valence electrons. The van der Waals surface area contributed by atoms with Gasteiger partial charge < -0.3 is 14.4 Å². The van der Waals surface area contributed by atoms with E-state index in [2.05, 4.69) is 29.0 Å². The first-order valence-electron chi connectivity index (χ1n) is 9.94. The van der Waals surface area contributed by atoms with Gasteiger partial charge in [-0.3, -0.25) is 0 Å². The summed E-state index contributed by atoms with van der Waals surface area (Å²) >= 11 is 0. The maximum atomic E-state index is 12.4. The molecule has 5 heteroatoms. The van der Waals surface area contributed by atoms with Crippen molar-refractivity contribution < 1.29 is 14.3 Å². The van der Waals surface area contributed by atoms with Gasteiger partial charge in [0.05, 0.1) is 12.2 Å². The maximum Gasteiger partial charge on any atom is 0.337 e. The Morgan fingerprint density at radius 2 is 2.19 bits per heavy atom. The van der Waals surface area contributed by atoms with Gasteiger partial charge in [0, 0.05) is 24.8 Å². The molecule has 1 saturated carbocycles. The van der Waals surface area contributed by atoms with Crippen molar-refractivity contribution in [3.63, 3.8) is 0 Å². The summed E-state index contributed by atoms with van der Waals surface area (Å²) in [7, 11) is 0. The number of anilines is 1. The molecule has 0 N–H and O–H groups in total. The first-order valence-corrected chi connectivity index (χ1v) is 9.94. The van der Waals surface area contributed by atoms with Gasteiger partial charge in [-0.25, -0.2) is 9.78 Å². The fraction of sp³-hybridized carbons (Fsp3) is 0.619. The Kier molecular flexibility index (Phi) is 3.82. The molecular weight excluding hydrogens is 328 g/mol. The number of hydrogen-bond acceptors (Lipinski definition) is 5. The molecule has 2 unspecified atom stereocenters. The fourth-order valence-electron chi connectivity index (χ4n) is 5.47. The van der Waals surface area contributed by atoms with Crippen LogP contribution in [0.3, 0.4) is 0 Å². The van der Waals surface area contributed by atoms with Crippen LogP contribution in [-0.4, -0.2) is 35.7 Å². The summed E-state index contributed by atoms with van der Waals surface area (Å²) in [5.74, 6) is 1.65. The van der Waals surface area contributed by atoms with Gasteiger partial charge in [0.15, 0.2) is 0 Å². The molecule has 3 heterocycles. The predicted octanol–water partition coefficient (Wildman–Crippen LogP) is 3.24. The minimum absolute atomic E-state index is 0.120. The van der Waals surface area contributed by atoms with Gasteiger partial charge in [-0.2, -0.15) is 0 Å². The zero-order valence-corrected chi connectivity index (χ0v) is 15.3. The molecular formula is C21H26N2O3. The summed E-state index contributed by atoms with van der Waals surface area (Å²) in [5, 5.41) is 0. The minimum Gasteiger partial charge on any atom is -0.455 e. The van der Waals surface area contributed by atoms with Crippen LogP contribution < -0.4 is 4.90 Å². The van der Waals surface area contributed by atoms with E-state index in [1.165, 1.54) is 12.8 Å². The van der Waals surface area contributed by atoms with Crippen LogP contribution in [-0.2, 0) is 20.9 Å². The van der Waals surface area contributed by atoms with E-state index in [-0.39, 0.29) is 12.1 Å². The second kappa shape index (κ2) is 6.08. The summed E-state index contributed by atoms with van der Waals surface area (Å²) in [6.45, 7) is 4.78. The molecule has 1 aromatic rings. The van der Waals surface area contributed by atoms with E-state index in [4.69, 9.17) is 9.47 Å². The average molecular weight is 354 g/mol. The first-order chi connectivity index (χ1) is 12.7. The largest absolute Gasteiger partial charge is 0.455 e. The van der Waals surface area contributed by atoms with Crippen LogP contribution in [0.25, 0.3) is 0 Å². The van der Waals surface area contributed by atoms with Crippen molar-refractivity contribution in [2.45, 2.75) is 57.3 Å². The highest BCUT2D eigenvalue weighted by Gasteiger charge is 2.63. The molecule has 0 bridgehead atoms. The van der Waals surface area contributed by atoms with E-state index in [0.717, 1.165) is 49.3 Å². The molecule has 2 aliphatic heterocycles. The molecule has 4 aliphatic rings. The van der Waals surface area contributed by atoms with Crippen LogP contribution in [0.1, 0.15) is 44.6 Å². The Labute approximate surface area is 154 Å². The van der Waals surface area contributed by atoms with Crippen LogP contribution in [0.15, 0.2) is 30.0 Å². The van der Waals surface area contributed by atoms with Crippen molar-refractivity contribution >= 4 is 11.8 Å². The van der Waals surface area contributed by atoms with E-state index in [9.17, 15) is 4.79 Å². The number of esters is 1. The van der Waals surface area contributed by atoms with Crippen molar-refractivity contribution in [1.29, 1.82) is 0 Å². The number of rotatable bonds is 4. The highest BCUT2D eigenvalue weighted by atomic mass is 16.6. The van der Waals surface area contributed by atoms with Gasteiger partial charge in [0.1, 0.15) is 17.5 Å². The molecule has 5 rings (SSSR count). The average Bonchev–Trinajstić information content (AvgIpc) is 3.34. The summed E-state index contributed by atoms with van der Waals surface area (Å²) in [6.07, 6.45) is 9.33. The third-order valence-electron chi connectivity index (χ3n) is 6.60. The van der Waals surface area contributed by atoms with Crippen LogP contribution in [0, 0.1) is 11.8 Å². The van der Waals surface area contributed by atoms with Crippen molar-refractivity contribution in [3.05, 3.63) is 35.5 Å². The smallest absolute Gasteiger partial charge is 0.337 e. The number of nitrogens with zero attached hydrogens (tertiary/aromatic N) is 2. The lowest BCUT2D eigenvalue weighted by molar-refractivity contribution is -0.142. The SMILES string of the molecule is C[C@@H]1C=C2C(=O)OC3CCC(C1)[C@]23OCc1cccnc1N1CCCC1. The number of pyridine rings is 1. The predicted molar refractivity (Wildman–Crippen MR) is 97.7 cm³/mol. The molecule has 2 aliphatic carbocycles. The van der Waals surface area contributed by atoms with Gasteiger partial charge in [-0.15, -0.1) is 0 Å². The van der Waals surface area contributed by atoms with E-state index in [1.807, 2.05) is 12.3 Å². The topological polar surface area (TPSA) is 51.7 Å². The van der Waals surface area contributed by atoms with E-state index < -0.39 is 5.60 Å². The molecule has 3 fully saturated rings. The number of hydrogen-bond donors (Lipinski definition) is 0. The number of ether oxygens (including phenoxy) is 2. The summed E-state index contributed by atoms with van der Waals surface area (Å²) in [4.78, 5) is 19.4. The van der Waals surface area contributed by atoms with E-state index in [1.54, 1.807) is 0 Å². The Morgan fingerprint density at radius 1 is 1.35 bits per heavy atom. The first kappa shape index (κ1) is 16.3. The van der Waals surface area contributed by atoms with Crippen LogP contribution in [0.5, 0.6) is 0 Å². The summed E-state index contributed by atoms with van der Waals surface area (Å²) in [5.41, 5.74) is 1.35. The van der Waals surface area contributed by atoms with Crippen molar-refractivity contribution in [2.24, 2.45) is 11.8 Å². The molecule has 2 saturated heterocycles. The standard InChI is InChI=1S/C21H26N2O3/c1-14-11-16-6-7-18-21(16,17(12-14)20(24)26-18)25-13-15-5-4-8-22-19(15)23-9-2-3-10-23/h4-5,8,12,14,16,18H,2-3,6-7,9-11,13H2,1H3/t14-,16?,18?,21-/m0/s1. The molecule has 5 nitrogen and oxygen atoms in total. The van der Waals surface area contributed by atoms with Crippen molar-refractivity contribution in [3.8, 4) is 0 Å². The van der Waals surface area contributed by atoms with Gasteiger partial charge in [-0.05, 0) is 50.0 Å². The second-order valence-electron chi connectivity index (χ2n) is 8.22. The third kappa shape index (κ3) is 2.33. The zero-order chi connectivity index (χ0) is 17.7. The molecule has 0 radical (unpaired) electrons. The Hall–Kier alpha value is -1.88. The number of carbonyl (C=O) groups is 1. The molecule has 4 atom stereocenters. The lowest BCUT2D eigenvalue weighted by atomic mass is 9.73. The minimum atomic E-state index is -0.540. The lowest BCUT2D eigenvalue weighted by Crippen LogP contribution is -2.46. The summed E-state index contributed by atoms with van der Waals surface area (Å²) < 4.78 is 12.3. The van der Waals surface area contributed by atoms with Crippen molar-refractivity contribution in [1.82, 2.24) is 4.98 Å². The van der Waals surface area contributed by atoms with Crippen LogP contribution in [0.4, 0.5) is 5.82 Å². The quantitative estimate of drug-likeness (QED) is 0.777. The Balaban J connectivity index is 1.45. The lowest BCUT2D eigenvalue weighted by Gasteiger charge is -2.38. The Bertz CT molecular complexity index is 755. The highest BCUT2D eigenvalue weighted by Crippen LogP contribution is 2.55. The molecule has 0 aromatic carbocycles. The van der Waals surface area contributed by atoms with Gasteiger partial charge in [-0.1, -0.05) is 19.1 Å². The van der Waals surface area contributed by atoms with Gasteiger partial charge in [0.2, 0.25) is 0 Å². The van der Waals surface area contributed by atoms with Crippen molar-refractivity contribution in [2.75, 3.05) is 18.0 Å². The second-order valence-corrected chi connectivity index (χ2v) is 8.22.